The minimum atomic E-state index is -0.920. The second kappa shape index (κ2) is 11.6. The minimum Gasteiger partial charge on any atom is -0.480 e. The molecule has 2 aromatic carbocycles. The van der Waals surface area contributed by atoms with Crippen LogP contribution in [0.1, 0.15) is 50.3 Å². The second-order valence-corrected chi connectivity index (χ2v) is 9.70. The molecule has 1 heterocycles. The van der Waals surface area contributed by atoms with Crippen molar-refractivity contribution in [3.05, 3.63) is 65.6 Å². The Morgan fingerprint density at radius 1 is 1.09 bits per heavy atom. The lowest BCUT2D eigenvalue weighted by atomic mass is 9.82. The highest BCUT2D eigenvalue weighted by Crippen LogP contribution is 2.38. The molecule has 0 atom stereocenters. The molecule has 6 heteroatoms. The first-order chi connectivity index (χ1) is 17.0. The first kappa shape index (κ1) is 25.1. The standard InChI is InChI=1S/C29H35FN2O3/c1-3-8-25-27(24-12-7-9-20(2)28(24)30)29(23-10-5-4-6-11-23)31-32(25)17-21-13-15-22(16-14-21)18-35-19-26(33)34/h4-7,9-12,21-22H,3,8,13-19H2,1-2H3,(H,33,34)/t21-,22+. The van der Waals surface area contributed by atoms with Crippen LogP contribution in [-0.2, 0) is 22.5 Å². The van der Waals surface area contributed by atoms with E-state index in [2.05, 4.69) is 11.6 Å². The van der Waals surface area contributed by atoms with E-state index in [-0.39, 0.29) is 12.4 Å². The van der Waals surface area contributed by atoms with Gasteiger partial charge in [0.05, 0.1) is 6.61 Å². The number of ether oxygens (including phenoxy) is 1. The zero-order valence-electron chi connectivity index (χ0n) is 20.7. The number of nitrogens with zero attached hydrogens (tertiary/aromatic N) is 2. The van der Waals surface area contributed by atoms with Gasteiger partial charge in [-0.2, -0.15) is 5.10 Å². The van der Waals surface area contributed by atoms with Crippen molar-refractivity contribution < 1.29 is 19.0 Å². The Morgan fingerprint density at radius 2 is 1.80 bits per heavy atom. The average Bonchev–Trinajstić information content (AvgIpc) is 3.20. The van der Waals surface area contributed by atoms with E-state index in [9.17, 15) is 4.79 Å². The number of aryl methyl sites for hydroxylation is 1. The minimum absolute atomic E-state index is 0.177. The SMILES string of the molecule is CCCc1c(-c2cccc(C)c2F)c(-c2ccccc2)nn1C[C@H]1CC[C@@H](COCC(=O)O)CC1. The van der Waals surface area contributed by atoms with Crippen LogP contribution in [0.3, 0.4) is 0 Å². The topological polar surface area (TPSA) is 64.4 Å². The number of aromatic nitrogens is 2. The number of hydrogen-bond acceptors (Lipinski definition) is 3. The third-order valence-corrected chi connectivity index (χ3v) is 7.03. The normalized spacial score (nSPS) is 18.0. The van der Waals surface area contributed by atoms with Gasteiger partial charge in [-0.25, -0.2) is 9.18 Å². The summed E-state index contributed by atoms with van der Waals surface area (Å²) < 4.78 is 22.8. The monoisotopic (exact) mass is 478 g/mol. The molecular formula is C29H35FN2O3. The molecule has 1 aromatic heterocycles. The van der Waals surface area contributed by atoms with E-state index in [1.807, 2.05) is 55.5 Å². The molecule has 3 aromatic rings. The van der Waals surface area contributed by atoms with Gasteiger partial charge in [-0.15, -0.1) is 0 Å². The number of aliphatic carboxylic acids is 1. The molecule has 35 heavy (non-hydrogen) atoms. The van der Waals surface area contributed by atoms with Gasteiger partial charge in [0.1, 0.15) is 18.1 Å². The quantitative estimate of drug-likeness (QED) is 0.360. The molecule has 0 saturated heterocycles. The Balaban J connectivity index is 1.62. The zero-order valence-corrected chi connectivity index (χ0v) is 20.7. The molecule has 1 aliphatic carbocycles. The van der Waals surface area contributed by atoms with Crippen LogP contribution in [0.5, 0.6) is 0 Å². The molecule has 1 aliphatic rings. The maximum Gasteiger partial charge on any atom is 0.329 e. The van der Waals surface area contributed by atoms with Crippen LogP contribution in [0.2, 0.25) is 0 Å². The van der Waals surface area contributed by atoms with Crippen molar-refractivity contribution in [1.82, 2.24) is 9.78 Å². The summed E-state index contributed by atoms with van der Waals surface area (Å²) in [5, 5.41) is 13.9. The molecular weight excluding hydrogens is 443 g/mol. The van der Waals surface area contributed by atoms with Crippen LogP contribution >= 0.6 is 0 Å². The van der Waals surface area contributed by atoms with Crippen LogP contribution in [0, 0.1) is 24.6 Å². The molecule has 0 radical (unpaired) electrons. The van der Waals surface area contributed by atoms with E-state index < -0.39 is 5.97 Å². The van der Waals surface area contributed by atoms with Gasteiger partial charge in [-0.05, 0) is 56.4 Å². The first-order valence-electron chi connectivity index (χ1n) is 12.7. The van der Waals surface area contributed by atoms with Crippen LogP contribution in [0.4, 0.5) is 4.39 Å². The maximum atomic E-state index is 15.4. The molecule has 0 amide bonds. The highest BCUT2D eigenvalue weighted by molar-refractivity contribution is 5.83. The van der Waals surface area contributed by atoms with Crippen molar-refractivity contribution in [3.8, 4) is 22.4 Å². The van der Waals surface area contributed by atoms with E-state index in [4.69, 9.17) is 14.9 Å². The third kappa shape index (κ3) is 5.99. The Kier molecular flexibility index (Phi) is 8.34. The summed E-state index contributed by atoms with van der Waals surface area (Å²) in [6.07, 6.45) is 5.96. The fourth-order valence-corrected chi connectivity index (χ4v) is 5.20. The van der Waals surface area contributed by atoms with Crippen molar-refractivity contribution in [2.75, 3.05) is 13.2 Å². The number of carbonyl (C=O) groups is 1. The van der Waals surface area contributed by atoms with Crippen molar-refractivity contribution in [1.29, 1.82) is 0 Å². The zero-order chi connectivity index (χ0) is 24.8. The smallest absolute Gasteiger partial charge is 0.329 e. The number of benzene rings is 2. The van der Waals surface area contributed by atoms with Crippen molar-refractivity contribution in [2.45, 2.75) is 58.9 Å². The summed E-state index contributed by atoms with van der Waals surface area (Å²) >= 11 is 0. The van der Waals surface area contributed by atoms with Gasteiger partial charge in [0.25, 0.3) is 0 Å². The Morgan fingerprint density at radius 3 is 2.49 bits per heavy atom. The highest BCUT2D eigenvalue weighted by Gasteiger charge is 2.27. The van der Waals surface area contributed by atoms with Gasteiger partial charge in [-0.1, -0.05) is 61.9 Å². The molecule has 1 fully saturated rings. The molecule has 4 rings (SSSR count). The van der Waals surface area contributed by atoms with Crippen molar-refractivity contribution >= 4 is 5.97 Å². The number of carboxylic acids is 1. The van der Waals surface area contributed by atoms with Crippen molar-refractivity contribution in [3.63, 3.8) is 0 Å². The first-order valence-corrected chi connectivity index (χ1v) is 12.7. The number of carboxylic acid groups (broad SMARTS) is 1. The summed E-state index contributed by atoms with van der Waals surface area (Å²) in [5.74, 6) is -0.199. The van der Waals surface area contributed by atoms with Gasteiger partial charge < -0.3 is 9.84 Å². The molecule has 0 aliphatic heterocycles. The number of rotatable bonds is 10. The Labute approximate surface area is 206 Å². The van der Waals surface area contributed by atoms with E-state index >= 15 is 4.39 Å². The fourth-order valence-electron chi connectivity index (χ4n) is 5.20. The Bertz CT molecular complexity index is 1130. The van der Waals surface area contributed by atoms with Gasteiger partial charge in [0, 0.05) is 28.9 Å². The van der Waals surface area contributed by atoms with Gasteiger partial charge in [0.15, 0.2) is 0 Å². The number of hydrogen-bond donors (Lipinski definition) is 1. The largest absolute Gasteiger partial charge is 0.480 e. The summed E-state index contributed by atoms with van der Waals surface area (Å²) in [4.78, 5) is 10.7. The predicted molar refractivity (Wildman–Crippen MR) is 136 cm³/mol. The summed E-state index contributed by atoms with van der Waals surface area (Å²) in [5.41, 5.74) is 5.11. The highest BCUT2D eigenvalue weighted by atomic mass is 19.1. The second-order valence-electron chi connectivity index (χ2n) is 9.70. The van der Waals surface area contributed by atoms with Crippen LogP contribution in [-0.4, -0.2) is 34.1 Å². The molecule has 1 N–H and O–H groups in total. The number of halogens is 1. The van der Waals surface area contributed by atoms with E-state index in [1.54, 1.807) is 0 Å². The molecule has 186 valence electrons. The van der Waals surface area contributed by atoms with Gasteiger partial charge in [0.2, 0.25) is 0 Å². The lowest BCUT2D eigenvalue weighted by Crippen LogP contribution is -2.23. The van der Waals surface area contributed by atoms with Crippen LogP contribution in [0.15, 0.2) is 48.5 Å². The fraction of sp³-hybridized carbons (Fsp3) is 0.448. The van der Waals surface area contributed by atoms with E-state index in [1.165, 1.54) is 0 Å². The van der Waals surface area contributed by atoms with Gasteiger partial charge in [-0.3, -0.25) is 4.68 Å². The van der Waals surface area contributed by atoms with Gasteiger partial charge >= 0.3 is 5.97 Å². The lowest BCUT2D eigenvalue weighted by molar-refractivity contribution is -0.142. The Hall–Kier alpha value is -2.99. The van der Waals surface area contributed by atoms with Crippen molar-refractivity contribution in [2.24, 2.45) is 11.8 Å². The van der Waals surface area contributed by atoms with E-state index in [0.717, 1.165) is 67.6 Å². The summed E-state index contributed by atoms with van der Waals surface area (Å²) in [6, 6.07) is 15.7. The molecule has 0 unspecified atom stereocenters. The molecule has 0 bridgehead atoms. The average molecular weight is 479 g/mol. The predicted octanol–water partition coefficient (Wildman–Crippen LogP) is 6.52. The van der Waals surface area contributed by atoms with Crippen LogP contribution < -0.4 is 0 Å². The maximum absolute atomic E-state index is 15.4. The summed E-state index contributed by atoms with van der Waals surface area (Å²) in [6.45, 7) is 5.05. The lowest BCUT2D eigenvalue weighted by Gasteiger charge is -2.28. The van der Waals surface area contributed by atoms with Crippen LogP contribution in [0.25, 0.3) is 22.4 Å². The molecule has 5 nitrogen and oxygen atoms in total. The molecule has 0 spiro atoms. The van der Waals surface area contributed by atoms with E-state index in [0.29, 0.717) is 29.6 Å². The molecule has 1 saturated carbocycles. The summed E-state index contributed by atoms with van der Waals surface area (Å²) in [7, 11) is 0. The third-order valence-electron chi connectivity index (χ3n) is 7.03.